The van der Waals surface area contributed by atoms with E-state index in [2.05, 4.69) is 72.2 Å². The van der Waals surface area contributed by atoms with Crippen LogP contribution >= 0.6 is 27.5 Å². The van der Waals surface area contributed by atoms with E-state index in [1.54, 1.807) is 12.3 Å². The minimum Gasteiger partial charge on any atom is -0.413 e. The molecule has 24 heavy (non-hydrogen) atoms. The highest BCUT2D eigenvalue weighted by Crippen LogP contribution is 2.37. The Kier molecular flexibility index (Phi) is 6.12. The Labute approximate surface area is 159 Å². The zero-order chi connectivity index (χ0) is 18.0. The van der Waals surface area contributed by atoms with Crippen LogP contribution in [0.4, 0.5) is 11.4 Å². The van der Waals surface area contributed by atoms with Gasteiger partial charge in [-0.2, -0.15) is 0 Å². The molecule has 1 aromatic carbocycles. The normalized spacial score (nSPS) is 12.3. The lowest BCUT2D eigenvalue weighted by atomic mass is 10.2. The molecule has 3 nitrogen and oxygen atoms in total. The second-order valence-electron chi connectivity index (χ2n) is 7.36. The van der Waals surface area contributed by atoms with Crippen molar-refractivity contribution in [2.24, 2.45) is 0 Å². The molecular formula is C18H24BrClN2OSi. The van der Waals surface area contributed by atoms with Crippen LogP contribution in [0, 0.1) is 0 Å². The minimum absolute atomic E-state index is 0.224. The molecular weight excluding hydrogens is 404 g/mol. The average Bonchev–Trinajstić information content (AvgIpc) is 2.49. The number of anilines is 2. The zero-order valence-corrected chi connectivity index (χ0v) is 18.1. The molecule has 0 aliphatic heterocycles. The van der Waals surface area contributed by atoms with Gasteiger partial charge in [-0.15, -0.1) is 0 Å². The predicted molar refractivity (Wildman–Crippen MR) is 109 cm³/mol. The summed E-state index contributed by atoms with van der Waals surface area (Å²) in [7, 11) is -1.72. The van der Waals surface area contributed by atoms with E-state index < -0.39 is 8.32 Å². The lowest BCUT2D eigenvalue weighted by Crippen LogP contribution is -2.40. The summed E-state index contributed by atoms with van der Waals surface area (Å²) in [4.78, 5) is 4.03. The largest absolute Gasteiger partial charge is 0.413 e. The second-order valence-corrected chi connectivity index (χ2v) is 13.4. The van der Waals surface area contributed by atoms with Gasteiger partial charge in [-0.05, 0) is 51.8 Å². The molecule has 1 aromatic heterocycles. The number of benzene rings is 1. The summed E-state index contributed by atoms with van der Waals surface area (Å²) in [6.07, 6.45) is 1.69. The monoisotopic (exact) mass is 426 g/mol. The van der Waals surface area contributed by atoms with E-state index in [4.69, 9.17) is 16.0 Å². The topological polar surface area (TPSA) is 34.1 Å². The van der Waals surface area contributed by atoms with E-state index in [0.717, 1.165) is 15.8 Å². The fourth-order valence-corrected chi connectivity index (χ4v) is 3.26. The van der Waals surface area contributed by atoms with Crippen LogP contribution in [0.5, 0.6) is 0 Å². The first-order valence-corrected chi connectivity index (χ1v) is 12.0. The summed E-state index contributed by atoms with van der Waals surface area (Å²) in [6.45, 7) is 12.0. The first-order valence-electron chi connectivity index (χ1n) is 7.89. The van der Waals surface area contributed by atoms with Crippen molar-refractivity contribution >= 4 is 47.2 Å². The number of aromatic nitrogens is 1. The van der Waals surface area contributed by atoms with Gasteiger partial charge in [-0.3, -0.25) is 0 Å². The Morgan fingerprint density at radius 3 is 2.42 bits per heavy atom. The third-order valence-corrected chi connectivity index (χ3v) is 9.78. The van der Waals surface area contributed by atoms with Gasteiger partial charge in [-0.1, -0.05) is 44.5 Å². The molecule has 0 atom stereocenters. The molecule has 6 heteroatoms. The van der Waals surface area contributed by atoms with Gasteiger partial charge >= 0.3 is 0 Å². The third-order valence-electron chi connectivity index (χ3n) is 4.46. The molecule has 1 N–H and O–H groups in total. The first-order chi connectivity index (χ1) is 11.1. The molecule has 0 aliphatic carbocycles. The van der Waals surface area contributed by atoms with Crippen LogP contribution in [0.1, 0.15) is 26.3 Å². The number of nitrogens with zero attached hydrogens (tertiary/aromatic N) is 1. The molecule has 130 valence electrons. The number of halogens is 2. The quantitative estimate of drug-likeness (QED) is 0.422. The predicted octanol–water partition coefficient (Wildman–Crippen LogP) is 6.76. The molecule has 2 rings (SSSR count). The Morgan fingerprint density at radius 2 is 1.83 bits per heavy atom. The summed E-state index contributed by atoms with van der Waals surface area (Å²) < 4.78 is 7.13. The number of rotatable bonds is 5. The van der Waals surface area contributed by atoms with E-state index >= 15 is 0 Å². The highest BCUT2D eigenvalue weighted by Gasteiger charge is 2.36. The van der Waals surface area contributed by atoms with Gasteiger partial charge in [-0.25, -0.2) is 4.98 Å². The van der Waals surface area contributed by atoms with E-state index in [9.17, 15) is 0 Å². The third kappa shape index (κ3) is 5.05. The lowest BCUT2D eigenvalue weighted by molar-refractivity contribution is 0.276. The summed E-state index contributed by atoms with van der Waals surface area (Å²) in [5, 5.41) is 4.02. The van der Waals surface area contributed by atoms with Crippen molar-refractivity contribution in [2.45, 2.75) is 45.5 Å². The maximum atomic E-state index is 6.26. The number of nitrogens with one attached hydrogen (secondary N) is 1. The fourth-order valence-electron chi connectivity index (χ4n) is 1.83. The van der Waals surface area contributed by atoms with Crippen molar-refractivity contribution in [3.8, 4) is 0 Å². The summed E-state index contributed by atoms with van der Waals surface area (Å²) in [5.74, 6) is 0. The van der Waals surface area contributed by atoms with Crippen LogP contribution < -0.4 is 5.32 Å². The number of pyridine rings is 1. The van der Waals surface area contributed by atoms with Gasteiger partial charge in [0.1, 0.15) is 5.15 Å². The summed E-state index contributed by atoms with van der Waals surface area (Å²) in [6, 6.07) is 10.1. The molecule has 0 spiro atoms. The Balaban J connectivity index is 2.02. The molecule has 0 bridgehead atoms. The molecule has 0 aliphatic rings. The summed E-state index contributed by atoms with van der Waals surface area (Å²) in [5.41, 5.74) is 3.06. The maximum Gasteiger partial charge on any atom is 0.192 e. The van der Waals surface area contributed by atoms with Gasteiger partial charge in [0.25, 0.3) is 0 Å². The van der Waals surface area contributed by atoms with Crippen molar-refractivity contribution in [1.29, 1.82) is 0 Å². The molecule has 0 unspecified atom stereocenters. The Bertz CT molecular complexity index is 699. The molecule has 0 radical (unpaired) electrons. The van der Waals surface area contributed by atoms with Crippen LogP contribution in [0.25, 0.3) is 0 Å². The average molecular weight is 428 g/mol. The number of hydrogen-bond acceptors (Lipinski definition) is 3. The molecule has 0 amide bonds. The lowest BCUT2D eigenvalue weighted by Gasteiger charge is -2.36. The van der Waals surface area contributed by atoms with Gasteiger partial charge in [0, 0.05) is 18.0 Å². The number of hydrogen-bond donors (Lipinski definition) is 1. The van der Waals surface area contributed by atoms with Gasteiger partial charge in [0.05, 0.1) is 16.8 Å². The smallest absolute Gasteiger partial charge is 0.192 e. The zero-order valence-electron chi connectivity index (χ0n) is 14.8. The first kappa shape index (κ1) is 19.4. The van der Waals surface area contributed by atoms with Crippen molar-refractivity contribution in [2.75, 3.05) is 5.32 Å². The Morgan fingerprint density at radius 1 is 1.21 bits per heavy atom. The van der Waals surface area contributed by atoms with E-state index in [1.165, 1.54) is 5.56 Å². The highest BCUT2D eigenvalue weighted by molar-refractivity contribution is 9.10. The minimum atomic E-state index is -1.72. The standard InChI is InChI=1S/C18H24BrClN2OSi/c1-18(2,3)24(4,5)23-12-13-6-8-14(9-7-13)22-16-10-17(20)21-11-15(16)19/h6-11H,12H2,1-5H3,(H,21,22). The van der Waals surface area contributed by atoms with E-state index in [-0.39, 0.29) is 5.04 Å². The second kappa shape index (κ2) is 7.56. The van der Waals surface area contributed by atoms with Gasteiger partial charge in [0.15, 0.2) is 8.32 Å². The molecule has 1 heterocycles. The van der Waals surface area contributed by atoms with Gasteiger partial charge in [0.2, 0.25) is 0 Å². The summed E-state index contributed by atoms with van der Waals surface area (Å²) >= 11 is 9.41. The maximum absolute atomic E-state index is 6.26. The fraction of sp³-hybridized carbons (Fsp3) is 0.389. The van der Waals surface area contributed by atoms with Crippen molar-refractivity contribution in [3.63, 3.8) is 0 Å². The van der Waals surface area contributed by atoms with Crippen LogP contribution in [0.3, 0.4) is 0 Å². The Hall–Kier alpha value is -0.883. The van der Waals surface area contributed by atoms with Crippen molar-refractivity contribution in [1.82, 2.24) is 4.98 Å². The molecule has 2 aromatic rings. The van der Waals surface area contributed by atoms with Crippen molar-refractivity contribution < 1.29 is 4.43 Å². The van der Waals surface area contributed by atoms with E-state index in [0.29, 0.717) is 11.8 Å². The van der Waals surface area contributed by atoms with Crippen LogP contribution in [0.2, 0.25) is 23.3 Å². The molecule has 0 saturated carbocycles. The highest BCUT2D eigenvalue weighted by atomic mass is 79.9. The SMILES string of the molecule is CC(C)(C)[Si](C)(C)OCc1ccc(Nc2cc(Cl)ncc2Br)cc1. The van der Waals surface area contributed by atoms with E-state index in [1.807, 2.05) is 12.1 Å². The molecule has 0 fully saturated rings. The van der Waals surface area contributed by atoms with Crippen LogP contribution in [-0.4, -0.2) is 13.3 Å². The van der Waals surface area contributed by atoms with Crippen LogP contribution in [0.15, 0.2) is 41.0 Å². The van der Waals surface area contributed by atoms with Crippen molar-refractivity contribution in [3.05, 3.63) is 51.7 Å². The van der Waals surface area contributed by atoms with Gasteiger partial charge < -0.3 is 9.74 Å². The van der Waals surface area contributed by atoms with Crippen LogP contribution in [-0.2, 0) is 11.0 Å². The molecule has 0 saturated heterocycles.